The first-order valence-corrected chi connectivity index (χ1v) is 8.83. The summed E-state index contributed by atoms with van der Waals surface area (Å²) in [6, 6.07) is 14.2. The van der Waals surface area contributed by atoms with Gasteiger partial charge in [0.2, 0.25) is 0 Å². The molecule has 1 aromatic heterocycles. The number of rotatable bonds is 6. The number of anilines is 1. The van der Waals surface area contributed by atoms with Crippen LogP contribution in [0.1, 0.15) is 23.0 Å². The Morgan fingerprint density at radius 3 is 2.32 bits per heavy atom. The third kappa shape index (κ3) is 4.25. The van der Waals surface area contributed by atoms with Gasteiger partial charge in [0.15, 0.2) is 6.61 Å². The van der Waals surface area contributed by atoms with Crippen LogP contribution in [0.15, 0.2) is 60.8 Å². The van der Waals surface area contributed by atoms with Crippen molar-refractivity contribution in [1.82, 2.24) is 9.78 Å². The first kappa shape index (κ1) is 19.3. The smallest absolute Gasteiger partial charge is 0.338 e. The predicted octanol–water partition coefficient (Wildman–Crippen LogP) is 3.53. The third-order valence-electron chi connectivity index (χ3n) is 4.26. The minimum absolute atomic E-state index is 0.339. The largest absolute Gasteiger partial charge is 0.452 e. The average Bonchev–Trinajstić information content (AvgIpc) is 3.14. The van der Waals surface area contributed by atoms with Gasteiger partial charge in [0.1, 0.15) is 5.82 Å². The molecule has 1 amide bonds. The van der Waals surface area contributed by atoms with Gasteiger partial charge < -0.3 is 9.64 Å². The van der Waals surface area contributed by atoms with Crippen molar-refractivity contribution in [3.05, 3.63) is 77.9 Å². The van der Waals surface area contributed by atoms with Crippen molar-refractivity contribution in [2.75, 3.05) is 18.1 Å². The van der Waals surface area contributed by atoms with Crippen molar-refractivity contribution in [3.8, 4) is 5.69 Å². The minimum atomic E-state index is -0.591. The highest BCUT2D eigenvalue weighted by Crippen LogP contribution is 2.16. The van der Waals surface area contributed by atoms with E-state index in [-0.39, 0.29) is 11.7 Å². The molecule has 0 radical (unpaired) electrons. The van der Waals surface area contributed by atoms with Crippen LogP contribution in [-0.4, -0.2) is 34.8 Å². The highest BCUT2D eigenvalue weighted by atomic mass is 19.1. The SMILES string of the molecule is CCN(C(=O)COC(=O)c1ccc(-n2nccc2C)cc1)c1ccc(F)cc1. The molecular weight excluding hydrogens is 361 g/mol. The maximum Gasteiger partial charge on any atom is 0.338 e. The molecule has 0 aliphatic carbocycles. The summed E-state index contributed by atoms with van der Waals surface area (Å²) in [5.41, 5.74) is 2.68. The Morgan fingerprint density at radius 2 is 1.75 bits per heavy atom. The Morgan fingerprint density at radius 1 is 1.07 bits per heavy atom. The van der Waals surface area contributed by atoms with Crippen LogP contribution in [0.3, 0.4) is 0 Å². The van der Waals surface area contributed by atoms with Crippen molar-refractivity contribution >= 4 is 17.6 Å². The lowest BCUT2D eigenvalue weighted by atomic mass is 10.2. The Kier molecular flexibility index (Phi) is 5.84. The molecule has 0 unspecified atom stereocenters. The van der Waals surface area contributed by atoms with Gasteiger partial charge in [-0.25, -0.2) is 13.9 Å². The number of halogens is 1. The van der Waals surface area contributed by atoms with Gasteiger partial charge in [-0.05, 0) is 68.4 Å². The fraction of sp³-hybridized carbons (Fsp3) is 0.190. The van der Waals surface area contributed by atoms with Crippen LogP contribution in [0.4, 0.5) is 10.1 Å². The highest BCUT2D eigenvalue weighted by Gasteiger charge is 2.17. The fourth-order valence-corrected chi connectivity index (χ4v) is 2.79. The zero-order valence-electron chi connectivity index (χ0n) is 15.6. The number of esters is 1. The number of ether oxygens (including phenoxy) is 1. The van der Waals surface area contributed by atoms with Crippen LogP contribution in [-0.2, 0) is 9.53 Å². The first-order chi connectivity index (χ1) is 13.5. The average molecular weight is 381 g/mol. The van der Waals surface area contributed by atoms with Crippen LogP contribution in [0, 0.1) is 12.7 Å². The van der Waals surface area contributed by atoms with Crippen molar-refractivity contribution in [2.45, 2.75) is 13.8 Å². The normalized spacial score (nSPS) is 10.5. The molecule has 0 saturated heterocycles. The van der Waals surface area contributed by atoms with E-state index in [2.05, 4.69) is 5.10 Å². The highest BCUT2D eigenvalue weighted by molar-refractivity contribution is 5.97. The summed E-state index contributed by atoms with van der Waals surface area (Å²) < 4.78 is 20.0. The minimum Gasteiger partial charge on any atom is -0.452 e. The summed E-state index contributed by atoms with van der Waals surface area (Å²) in [6.07, 6.45) is 1.70. The van der Waals surface area contributed by atoms with Crippen LogP contribution in [0.25, 0.3) is 5.69 Å². The van der Waals surface area contributed by atoms with Crippen LogP contribution >= 0.6 is 0 Å². The molecule has 6 nitrogen and oxygen atoms in total. The lowest BCUT2D eigenvalue weighted by Crippen LogP contribution is -2.34. The zero-order valence-corrected chi connectivity index (χ0v) is 15.6. The summed E-state index contributed by atoms with van der Waals surface area (Å²) in [5, 5.41) is 4.21. The van der Waals surface area contributed by atoms with E-state index in [0.717, 1.165) is 11.4 Å². The Bertz CT molecular complexity index is 965. The maximum atomic E-state index is 13.1. The third-order valence-corrected chi connectivity index (χ3v) is 4.26. The number of likely N-dealkylation sites (N-methyl/N-ethyl adjacent to an activating group) is 1. The molecule has 0 aliphatic heterocycles. The summed E-state index contributed by atoms with van der Waals surface area (Å²) in [6.45, 7) is 3.70. The number of aryl methyl sites for hydroxylation is 1. The van der Waals surface area contributed by atoms with E-state index in [9.17, 15) is 14.0 Å². The molecular formula is C21H20FN3O3. The number of benzene rings is 2. The monoisotopic (exact) mass is 381 g/mol. The summed E-state index contributed by atoms with van der Waals surface area (Å²) in [5.74, 6) is -1.36. The Balaban J connectivity index is 1.62. The van der Waals surface area contributed by atoms with Gasteiger partial charge in [-0.1, -0.05) is 0 Å². The lowest BCUT2D eigenvalue weighted by molar-refractivity contribution is -0.121. The van der Waals surface area contributed by atoms with Crippen LogP contribution in [0.2, 0.25) is 0 Å². The van der Waals surface area contributed by atoms with Crippen molar-refractivity contribution in [3.63, 3.8) is 0 Å². The van der Waals surface area contributed by atoms with Gasteiger partial charge in [-0.3, -0.25) is 4.79 Å². The summed E-state index contributed by atoms with van der Waals surface area (Å²) >= 11 is 0. The molecule has 0 fully saturated rings. The molecule has 1 heterocycles. The Labute approximate surface area is 162 Å². The first-order valence-electron chi connectivity index (χ1n) is 8.83. The molecule has 3 aromatic rings. The molecule has 28 heavy (non-hydrogen) atoms. The van der Waals surface area contributed by atoms with E-state index in [4.69, 9.17) is 4.74 Å². The standard InChI is InChI=1S/C21H20FN3O3/c1-3-24(18-10-6-17(22)7-11-18)20(26)14-28-21(27)16-4-8-19(9-5-16)25-15(2)12-13-23-25/h4-13H,3,14H2,1-2H3. The van der Waals surface area contributed by atoms with Gasteiger partial charge >= 0.3 is 5.97 Å². The van der Waals surface area contributed by atoms with E-state index < -0.39 is 12.6 Å². The summed E-state index contributed by atoms with van der Waals surface area (Å²) in [4.78, 5) is 26.1. The van der Waals surface area contributed by atoms with E-state index in [0.29, 0.717) is 17.8 Å². The number of nitrogens with zero attached hydrogens (tertiary/aromatic N) is 3. The van der Waals surface area contributed by atoms with Gasteiger partial charge in [-0.2, -0.15) is 5.10 Å². The second kappa shape index (κ2) is 8.47. The molecule has 0 N–H and O–H groups in total. The molecule has 2 aromatic carbocycles. The number of hydrogen-bond donors (Lipinski definition) is 0. The van der Waals surface area contributed by atoms with Crippen molar-refractivity contribution in [1.29, 1.82) is 0 Å². The molecule has 0 bridgehead atoms. The molecule has 0 saturated carbocycles. The maximum absolute atomic E-state index is 13.1. The van der Waals surface area contributed by atoms with Gasteiger partial charge in [0, 0.05) is 24.1 Å². The second-order valence-electron chi connectivity index (χ2n) is 6.12. The van der Waals surface area contributed by atoms with E-state index in [1.165, 1.54) is 29.2 Å². The Hall–Kier alpha value is -3.48. The van der Waals surface area contributed by atoms with Crippen molar-refractivity contribution in [2.24, 2.45) is 0 Å². The number of amides is 1. The fourth-order valence-electron chi connectivity index (χ4n) is 2.79. The van der Waals surface area contributed by atoms with E-state index >= 15 is 0 Å². The van der Waals surface area contributed by atoms with Gasteiger partial charge in [0.05, 0.1) is 11.3 Å². The quantitative estimate of drug-likeness (QED) is 0.613. The predicted molar refractivity (Wildman–Crippen MR) is 103 cm³/mol. The van der Waals surface area contributed by atoms with Gasteiger partial charge in [-0.15, -0.1) is 0 Å². The van der Waals surface area contributed by atoms with Crippen LogP contribution in [0.5, 0.6) is 0 Å². The topological polar surface area (TPSA) is 64.4 Å². The number of aromatic nitrogens is 2. The van der Waals surface area contributed by atoms with Gasteiger partial charge in [0.25, 0.3) is 5.91 Å². The number of carbonyl (C=O) groups excluding carboxylic acids is 2. The second-order valence-corrected chi connectivity index (χ2v) is 6.12. The molecule has 3 rings (SSSR count). The molecule has 0 aliphatic rings. The number of hydrogen-bond acceptors (Lipinski definition) is 4. The van der Waals surface area contributed by atoms with E-state index in [1.807, 2.05) is 13.0 Å². The van der Waals surface area contributed by atoms with Crippen molar-refractivity contribution < 1.29 is 18.7 Å². The zero-order chi connectivity index (χ0) is 20.1. The van der Waals surface area contributed by atoms with E-state index in [1.54, 1.807) is 42.1 Å². The molecule has 7 heteroatoms. The molecule has 0 atom stereocenters. The summed E-state index contributed by atoms with van der Waals surface area (Å²) in [7, 11) is 0. The molecule has 0 spiro atoms. The van der Waals surface area contributed by atoms with Crippen LogP contribution < -0.4 is 4.90 Å². The molecule has 144 valence electrons. The lowest BCUT2D eigenvalue weighted by Gasteiger charge is -2.20. The number of carbonyl (C=O) groups is 2.